The van der Waals surface area contributed by atoms with Crippen LogP contribution in [0.25, 0.3) is 0 Å². The highest BCUT2D eigenvalue weighted by Crippen LogP contribution is 1.81. The lowest BCUT2D eigenvalue weighted by atomic mass is 10.5. The third kappa shape index (κ3) is 12.1. The molecule has 0 spiro atoms. The molecule has 4 heteroatoms. The Morgan fingerprint density at radius 1 is 0.700 bits per heavy atom. The van der Waals surface area contributed by atoms with Crippen molar-refractivity contribution < 1.29 is 50.9 Å². The third-order valence-electron chi connectivity index (χ3n) is 1.34. The van der Waals surface area contributed by atoms with Gasteiger partial charge in [-0.3, -0.25) is 0 Å². The van der Waals surface area contributed by atoms with Gasteiger partial charge in [0.25, 0.3) is 0 Å². The number of nitrogens with zero attached hydrogens (tertiary/aromatic N) is 1. The van der Waals surface area contributed by atoms with Crippen molar-refractivity contribution in [3.05, 3.63) is 0 Å². The maximum atomic E-state index is 2.38. The van der Waals surface area contributed by atoms with Crippen LogP contribution in [0.2, 0.25) is 0 Å². The molecule has 0 bridgehead atoms. The average Bonchev–Trinajstić information content (AvgIpc) is 1.72. The number of hydrogen-bond acceptors (Lipinski definition) is 1. The van der Waals surface area contributed by atoms with Gasteiger partial charge in [0.1, 0.15) is 0 Å². The Labute approximate surface area is 95.9 Å². The Morgan fingerprint density at radius 3 is 0.900 bits per heavy atom. The Hall–Kier alpha value is 1.40. The van der Waals surface area contributed by atoms with Crippen LogP contribution in [0.3, 0.4) is 0 Å². The Morgan fingerprint density at radius 2 is 0.900 bits per heavy atom. The molecule has 0 heterocycles. The van der Waals surface area contributed by atoms with Crippen LogP contribution in [0.4, 0.5) is 0 Å². The minimum absolute atomic E-state index is 0. The summed E-state index contributed by atoms with van der Waals surface area (Å²) in [6.45, 7) is 10.1. The second-order valence-corrected chi connectivity index (χ2v) is 1.62. The molecule has 0 aromatic rings. The maximum Gasteiger partial charge on any atom is -0.00474 e. The van der Waals surface area contributed by atoms with Crippen LogP contribution in [0, 0.1) is 0 Å². The zero-order valence-corrected chi connectivity index (χ0v) is 11.5. The van der Waals surface area contributed by atoms with E-state index in [1.807, 2.05) is 0 Å². The summed E-state index contributed by atoms with van der Waals surface area (Å²) in [5.41, 5.74) is 0. The van der Waals surface area contributed by atoms with E-state index >= 15 is 0 Å². The van der Waals surface area contributed by atoms with Gasteiger partial charge in [-0.25, -0.2) is 0 Å². The Balaban J connectivity index is -0.0000000600. The first-order valence-corrected chi connectivity index (χ1v) is 3.07. The van der Waals surface area contributed by atoms with Crippen molar-refractivity contribution in [3.8, 4) is 0 Å². The molecule has 0 atom stereocenters. The van der Waals surface area contributed by atoms with Crippen molar-refractivity contribution in [1.29, 1.82) is 0 Å². The van der Waals surface area contributed by atoms with Crippen LogP contribution in [0.5, 0.6) is 0 Å². The summed E-state index contributed by atoms with van der Waals surface area (Å²) < 4.78 is 0. The van der Waals surface area contributed by atoms with Crippen molar-refractivity contribution in [1.82, 2.24) is 4.90 Å². The molecular weight excluding hydrogens is 326 g/mol. The van der Waals surface area contributed by atoms with Crippen LogP contribution in [0.1, 0.15) is 20.8 Å². The highest BCUT2D eigenvalue weighted by atomic mass is 79.9. The van der Waals surface area contributed by atoms with E-state index in [1.54, 1.807) is 0 Å². The number of halogens is 3. The molecule has 0 N–H and O–H groups in total. The molecule has 0 unspecified atom stereocenters. The van der Waals surface area contributed by atoms with Crippen molar-refractivity contribution in [2.75, 3.05) is 19.6 Å². The van der Waals surface area contributed by atoms with Gasteiger partial charge in [0.2, 0.25) is 0 Å². The van der Waals surface area contributed by atoms with Gasteiger partial charge < -0.3 is 55.8 Å². The molecule has 0 rings (SSSR count). The van der Waals surface area contributed by atoms with E-state index in [1.165, 1.54) is 19.6 Å². The topological polar surface area (TPSA) is 3.24 Å². The Kier molecular flexibility index (Phi) is 37.8. The van der Waals surface area contributed by atoms with Gasteiger partial charge in [-0.1, -0.05) is 20.8 Å². The summed E-state index contributed by atoms with van der Waals surface area (Å²) in [6.07, 6.45) is 0. The fourth-order valence-corrected chi connectivity index (χ4v) is 0.671. The second-order valence-electron chi connectivity index (χ2n) is 1.62. The molecule has 0 radical (unpaired) electrons. The van der Waals surface area contributed by atoms with Crippen LogP contribution < -0.4 is 50.9 Å². The van der Waals surface area contributed by atoms with E-state index in [4.69, 9.17) is 0 Å². The van der Waals surface area contributed by atoms with Gasteiger partial charge in [0.15, 0.2) is 0 Å². The largest absolute Gasteiger partial charge is 1.00 e. The van der Waals surface area contributed by atoms with Crippen molar-refractivity contribution in [3.63, 3.8) is 0 Å². The number of rotatable bonds is 3. The van der Waals surface area contributed by atoms with Gasteiger partial charge >= 0.3 is 0 Å². The molecule has 0 aromatic carbocycles. The highest BCUT2D eigenvalue weighted by Gasteiger charge is 1.89. The maximum absolute atomic E-state index is 2.38. The van der Waals surface area contributed by atoms with E-state index in [0.717, 1.165) is 0 Å². The molecule has 10 heavy (non-hydrogen) atoms. The molecule has 0 aliphatic heterocycles. The lowest BCUT2D eigenvalue weighted by Crippen LogP contribution is -3.00. The van der Waals surface area contributed by atoms with Crippen molar-refractivity contribution in [2.24, 2.45) is 0 Å². The summed E-state index contributed by atoms with van der Waals surface area (Å²) in [4.78, 5) is 2.38. The van der Waals surface area contributed by atoms with Crippen molar-refractivity contribution >= 4 is 0 Å². The normalized spacial score (nSPS) is 7.20. The molecule has 0 saturated heterocycles. The van der Waals surface area contributed by atoms with E-state index in [2.05, 4.69) is 25.7 Å². The quantitative estimate of drug-likeness (QED) is 0.493. The SMILES string of the molecule is CCN(CC)CC.[Br-].[Br-].[Br-]. The van der Waals surface area contributed by atoms with E-state index < -0.39 is 0 Å². The predicted molar refractivity (Wildman–Crippen MR) is 33.5 cm³/mol. The van der Waals surface area contributed by atoms with Gasteiger partial charge in [0, 0.05) is 0 Å². The second kappa shape index (κ2) is 16.8. The zero-order chi connectivity index (χ0) is 5.70. The van der Waals surface area contributed by atoms with Crippen LogP contribution in [-0.4, -0.2) is 24.5 Å². The molecule has 0 saturated carbocycles. The van der Waals surface area contributed by atoms with Crippen molar-refractivity contribution in [2.45, 2.75) is 20.8 Å². The summed E-state index contributed by atoms with van der Waals surface area (Å²) in [5, 5.41) is 0. The monoisotopic (exact) mass is 338 g/mol. The van der Waals surface area contributed by atoms with Crippen LogP contribution >= 0.6 is 0 Å². The van der Waals surface area contributed by atoms with Gasteiger partial charge in [-0.15, -0.1) is 0 Å². The lowest BCUT2D eigenvalue weighted by Gasteiger charge is -2.13. The molecular formula is C6H15Br3N-3. The molecule has 1 nitrogen and oxygen atoms in total. The van der Waals surface area contributed by atoms with Crippen LogP contribution in [-0.2, 0) is 0 Å². The smallest absolute Gasteiger partial charge is 0.00474 e. The minimum atomic E-state index is 0. The fraction of sp³-hybridized carbons (Fsp3) is 1.00. The molecule has 0 fully saturated rings. The molecule has 0 aliphatic carbocycles. The summed E-state index contributed by atoms with van der Waals surface area (Å²) in [5.74, 6) is 0. The summed E-state index contributed by atoms with van der Waals surface area (Å²) in [6, 6.07) is 0. The minimum Gasteiger partial charge on any atom is -1.00 e. The molecule has 0 aliphatic rings. The van der Waals surface area contributed by atoms with E-state index in [9.17, 15) is 0 Å². The first kappa shape index (κ1) is 22.5. The first-order chi connectivity index (χ1) is 3.35. The standard InChI is InChI=1S/C6H15N.3BrH/c1-4-7(5-2)6-3;;;/h4-6H2,1-3H3;3*1H/p-3. The third-order valence-corrected chi connectivity index (χ3v) is 1.34. The highest BCUT2D eigenvalue weighted by molar-refractivity contribution is 4.43. The molecule has 0 amide bonds. The number of hydrogen-bond donors (Lipinski definition) is 0. The van der Waals surface area contributed by atoms with Gasteiger partial charge in [-0.2, -0.15) is 0 Å². The van der Waals surface area contributed by atoms with Crippen LogP contribution in [0.15, 0.2) is 0 Å². The average molecular weight is 341 g/mol. The molecule has 0 aromatic heterocycles. The predicted octanol–water partition coefficient (Wildman–Crippen LogP) is -7.64. The molecule has 68 valence electrons. The zero-order valence-electron chi connectivity index (χ0n) is 6.70. The van der Waals surface area contributed by atoms with Gasteiger partial charge in [0.05, 0.1) is 0 Å². The summed E-state index contributed by atoms with van der Waals surface area (Å²) >= 11 is 0. The van der Waals surface area contributed by atoms with E-state index in [0.29, 0.717) is 0 Å². The van der Waals surface area contributed by atoms with E-state index in [-0.39, 0.29) is 50.9 Å². The lowest BCUT2D eigenvalue weighted by molar-refractivity contribution is -0.00100. The first-order valence-electron chi connectivity index (χ1n) is 3.07. The Bertz CT molecular complexity index is 34.5. The summed E-state index contributed by atoms with van der Waals surface area (Å²) in [7, 11) is 0. The van der Waals surface area contributed by atoms with Gasteiger partial charge in [-0.05, 0) is 19.6 Å². The fourth-order valence-electron chi connectivity index (χ4n) is 0.671.